The Hall–Kier alpha value is -1.31. The summed E-state index contributed by atoms with van der Waals surface area (Å²) in [5.41, 5.74) is 0.468. The van der Waals surface area contributed by atoms with Gasteiger partial charge in [-0.2, -0.15) is 0 Å². The third kappa shape index (κ3) is 3.41. The molecule has 1 unspecified atom stereocenters. The average molecular weight is 363 g/mol. The van der Waals surface area contributed by atoms with Crippen molar-refractivity contribution in [3.8, 4) is 5.75 Å². The van der Waals surface area contributed by atoms with Crippen molar-refractivity contribution in [2.24, 2.45) is 0 Å². The summed E-state index contributed by atoms with van der Waals surface area (Å²) < 4.78 is 5.87. The van der Waals surface area contributed by atoms with Crippen molar-refractivity contribution < 1.29 is 14.3 Å². The number of ether oxygens (including phenoxy) is 1. The first-order chi connectivity index (χ1) is 9.51. The number of methoxy groups -OCH3 is 1. The van der Waals surface area contributed by atoms with Gasteiger partial charge in [0.25, 0.3) is 0 Å². The molecule has 2 amide bonds. The van der Waals surface area contributed by atoms with Crippen molar-refractivity contribution in [3.05, 3.63) is 21.6 Å². The molecule has 1 heterocycles. The van der Waals surface area contributed by atoms with E-state index in [1.165, 1.54) is 7.11 Å². The predicted molar refractivity (Wildman–Crippen MR) is 79.1 cm³/mol. The first-order valence-corrected chi connectivity index (χ1v) is 7.02. The summed E-state index contributed by atoms with van der Waals surface area (Å²) in [4.78, 5) is 23.2. The van der Waals surface area contributed by atoms with Gasteiger partial charge >= 0.3 is 0 Å². The Morgan fingerprint density at radius 1 is 1.55 bits per heavy atom. The lowest BCUT2D eigenvalue weighted by molar-refractivity contribution is -0.124. The Balaban J connectivity index is 2.13. The summed E-state index contributed by atoms with van der Waals surface area (Å²) >= 11 is 9.28. The maximum Gasteiger partial charge on any atom is 0.243 e. The number of piperazine rings is 1. The molecule has 6 nitrogen and oxygen atoms in total. The normalized spacial score (nSPS) is 18.4. The average Bonchev–Trinajstić information content (AvgIpc) is 2.39. The molecule has 0 spiro atoms. The van der Waals surface area contributed by atoms with Gasteiger partial charge in [-0.25, -0.2) is 0 Å². The quantitative estimate of drug-likeness (QED) is 0.753. The summed E-state index contributed by atoms with van der Waals surface area (Å²) in [6.45, 7) is 0.364. The van der Waals surface area contributed by atoms with Crippen molar-refractivity contribution in [3.63, 3.8) is 0 Å². The number of nitrogens with one attached hydrogen (secondary N) is 3. The first-order valence-electron chi connectivity index (χ1n) is 5.85. The lowest BCUT2D eigenvalue weighted by Gasteiger charge is -2.23. The second-order valence-corrected chi connectivity index (χ2v) is 5.49. The van der Waals surface area contributed by atoms with Gasteiger partial charge in [0.05, 0.1) is 23.8 Å². The summed E-state index contributed by atoms with van der Waals surface area (Å²) in [5, 5.41) is 8.67. The number of rotatable bonds is 3. The van der Waals surface area contributed by atoms with Crippen LogP contribution in [0.2, 0.25) is 5.02 Å². The van der Waals surface area contributed by atoms with Crippen LogP contribution < -0.4 is 20.7 Å². The number of hydrogen-bond donors (Lipinski definition) is 3. The van der Waals surface area contributed by atoms with Gasteiger partial charge in [0.1, 0.15) is 6.04 Å². The third-order valence-corrected chi connectivity index (χ3v) is 3.61. The standard InChI is InChI=1S/C12H13BrClN3O3/c1-20-11-7(13)2-6(14)3-8(11)17-12(19)9-4-16-10(18)5-15-9/h2-3,9,15H,4-5H2,1H3,(H,16,18)(H,17,19). The molecule has 0 saturated carbocycles. The Bertz CT molecular complexity index is 543. The molecule has 20 heavy (non-hydrogen) atoms. The number of hydrogen-bond acceptors (Lipinski definition) is 4. The van der Waals surface area contributed by atoms with E-state index in [4.69, 9.17) is 16.3 Å². The van der Waals surface area contributed by atoms with Crippen LogP contribution >= 0.6 is 27.5 Å². The highest BCUT2D eigenvalue weighted by Gasteiger charge is 2.24. The fraction of sp³-hybridized carbons (Fsp3) is 0.333. The summed E-state index contributed by atoms with van der Waals surface area (Å²) in [6, 6.07) is 2.79. The highest BCUT2D eigenvalue weighted by atomic mass is 79.9. The molecule has 1 saturated heterocycles. The van der Waals surface area contributed by atoms with Crippen LogP contribution in [-0.4, -0.2) is 38.1 Å². The van der Waals surface area contributed by atoms with Crippen LogP contribution in [0.25, 0.3) is 0 Å². The van der Waals surface area contributed by atoms with E-state index in [0.717, 1.165) is 0 Å². The molecule has 0 aliphatic carbocycles. The fourth-order valence-electron chi connectivity index (χ4n) is 1.83. The van der Waals surface area contributed by atoms with Crippen LogP contribution in [0.4, 0.5) is 5.69 Å². The van der Waals surface area contributed by atoms with Crippen molar-refractivity contribution >= 4 is 45.0 Å². The van der Waals surface area contributed by atoms with Crippen molar-refractivity contribution in [1.82, 2.24) is 10.6 Å². The monoisotopic (exact) mass is 361 g/mol. The van der Waals surface area contributed by atoms with Gasteiger partial charge in [0, 0.05) is 11.6 Å². The lowest BCUT2D eigenvalue weighted by Crippen LogP contribution is -2.56. The molecular weight excluding hydrogens is 350 g/mol. The zero-order chi connectivity index (χ0) is 14.7. The molecule has 1 aliphatic heterocycles. The van der Waals surface area contributed by atoms with Gasteiger partial charge in [-0.05, 0) is 28.1 Å². The summed E-state index contributed by atoms with van der Waals surface area (Å²) in [5.74, 6) is 0.0946. The van der Waals surface area contributed by atoms with E-state index >= 15 is 0 Å². The maximum atomic E-state index is 12.1. The number of benzene rings is 1. The van der Waals surface area contributed by atoms with Crippen LogP contribution in [0.5, 0.6) is 5.75 Å². The van der Waals surface area contributed by atoms with Gasteiger partial charge in [0.15, 0.2) is 5.75 Å². The molecule has 108 valence electrons. The number of halogens is 2. The Morgan fingerprint density at radius 2 is 2.30 bits per heavy atom. The minimum atomic E-state index is -0.491. The van der Waals surface area contributed by atoms with E-state index in [-0.39, 0.29) is 24.9 Å². The number of amides is 2. The zero-order valence-corrected chi connectivity index (χ0v) is 13.0. The molecule has 3 N–H and O–H groups in total. The second-order valence-electron chi connectivity index (χ2n) is 4.20. The molecule has 0 bridgehead atoms. The van der Waals surface area contributed by atoms with E-state index in [0.29, 0.717) is 20.9 Å². The topological polar surface area (TPSA) is 79.5 Å². The van der Waals surface area contributed by atoms with Gasteiger partial charge in [-0.15, -0.1) is 0 Å². The van der Waals surface area contributed by atoms with E-state index in [9.17, 15) is 9.59 Å². The van der Waals surface area contributed by atoms with Crippen LogP contribution in [-0.2, 0) is 9.59 Å². The molecule has 1 aliphatic rings. The Kier molecular flexibility index (Phi) is 4.85. The molecular formula is C12H13BrClN3O3. The van der Waals surface area contributed by atoms with Crippen molar-refractivity contribution in [1.29, 1.82) is 0 Å². The Morgan fingerprint density at radius 3 is 2.90 bits per heavy atom. The smallest absolute Gasteiger partial charge is 0.243 e. The van der Waals surface area contributed by atoms with Crippen LogP contribution in [0, 0.1) is 0 Å². The van der Waals surface area contributed by atoms with Gasteiger partial charge < -0.3 is 15.4 Å². The van der Waals surface area contributed by atoms with Crippen molar-refractivity contribution in [2.45, 2.75) is 6.04 Å². The molecule has 1 atom stereocenters. The predicted octanol–water partition coefficient (Wildman–Crippen LogP) is 1.14. The fourth-order valence-corrected chi connectivity index (χ4v) is 2.80. The minimum absolute atomic E-state index is 0.120. The number of carbonyl (C=O) groups excluding carboxylic acids is 2. The van der Waals surface area contributed by atoms with Crippen LogP contribution in [0.15, 0.2) is 16.6 Å². The Labute approximate surface area is 129 Å². The van der Waals surface area contributed by atoms with E-state index in [1.807, 2.05) is 0 Å². The molecule has 1 aromatic carbocycles. The summed E-state index contributed by atoms with van der Waals surface area (Å²) in [7, 11) is 1.50. The third-order valence-electron chi connectivity index (χ3n) is 2.80. The highest BCUT2D eigenvalue weighted by Crippen LogP contribution is 2.36. The van der Waals surface area contributed by atoms with Gasteiger partial charge in [0.2, 0.25) is 11.8 Å². The second kappa shape index (κ2) is 6.43. The van der Waals surface area contributed by atoms with E-state index in [2.05, 4.69) is 31.9 Å². The molecule has 2 rings (SSSR count). The van der Waals surface area contributed by atoms with E-state index in [1.54, 1.807) is 12.1 Å². The lowest BCUT2D eigenvalue weighted by atomic mass is 10.2. The number of anilines is 1. The number of carbonyl (C=O) groups is 2. The molecule has 0 aromatic heterocycles. The molecule has 8 heteroatoms. The highest BCUT2D eigenvalue weighted by molar-refractivity contribution is 9.10. The van der Waals surface area contributed by atoms with Gasteiger partial charge in [-0.3, -0.25) is 14.9 Å². The van der Waals surface area contributed by atoms with E-state index < -0.39 is 6.04 Å². The molecule has 1 fully saturated rings. The zero-order valence-electron chi connectivity index (χ0n) is 10.6. The molecule has 1 aromatic rings. The first kappa shape index (κ1) is 15.1. The van der Waals surface area contributed by atoms with Crippen LogP contribution in [0.1, 0.15) is 0 Å². The SMILES string of the molecule is COc1c(Br)cc(Cl)cc1NC(=O)C1CNC(=O)CN1. The van der Waals surface area contributed by atoms with Gasteiger partial charge in [-0.1, -0.05) is 11.6 Å². The minimum Gasteiger partial charge on any atom is -0.493 e. The summed E-state index contributed by atoms with van der Waals surface area (Å²) in [6.07, 6.45) is 0. The largest absolute Gasteiger partial charge is 0.493 e. The molecule has 0 radical (unpaired) electrons. The van der Waals surface area contributed by atoms with Crippen molar-refractivity contribution in [2.75, 3.05) is 25.5 Å². The van der Waals surface area contributed by atoms with Crippen LogP contribution in [0.3, 0.4) is 0 Å². The maximum absolute atomic E-state index is 12.1.